The van der Waals surface area contributed by atoms with E-state index < -0.39 is 16.1 Å². The van der Waals surface area contributed by atoms with E-state index in [2.05, 4.69) is 18.7 Å². The fraction of sp³-hybridized carbons (Fsp3) is 0.500. The quantitative estimate of drug-likeness (QED) is 0.470. The Morgan fingerprint density at radius 2 is 1.48 bits per heavy atom. The average Bonchev–Trinajstić information content (AvgIpc) is 2.79. The number of rotatable bonds is 14. The monoisotopic (exact) mass is 448 g/mol. The van der Waals surface area contributed by atoms with Gasteiger partial charge in [0.05, 0.1) is 30.3 Å². The number of methoxy groups -OCH3 is 1. The van der Waals surface area contributed by atoms with Gasteiger partial charge in [-0.1, -0.05) is 44.9 Å². The first kappa shape index (κ1) is 25.2. The highest BCUT2D eigenvalue weighted by Crippen LogP contribution is 2.26. The SMILES string of the molecule is CCCCN(CCCC)CC(O)CN(c1ccc(OC)cc1)S(=O)(=O)c1ccccc1. The minimum Gasteiger partial charge on any atom is -0.497 e. The molecule has 7 heteroatoms. The Morgan fingerprint density at radius 1 is 0.903 bits per heavy atom. The largest absolute Gasteiger partial charge is 0.497 e. The van der Waals surface area contributed by atoms with E-state index in [1.807, 2.05) is 0 Å². The molecule has 0 aromatic heterocycles. The van der Waals surface area contributed by atoms with E-state index >= 15 is 0 Å². The van der Waals surface area contributed by atoms with Crippen molar-refractivity contribution in [2.75, 3.05) is 37.6 Å². The maximum atomic E-state index is 13.4. The van der Waals surface area contributed by atoms with E-state index in [0.29, 0.717) is 18.0 Å². The molecular formula is C24H36N2O4S. The molecule has 0 saturated heterocycles. The number of benzene rings is 2. The Labute approximate surface area is 187 Å². The van der Waals surface area contributed by atoms with Crippen LogP contribution in [0.2, 0.25) is 0 Å². The van der Waals surface area contributed by atoms with Crippen molar-refractivity contribution in [3.63, 3.8) is 0 Å². The van der Waals surface area contributed by atoms with Crippen LogP contribution in [0.1, 0.15) is 39.5 Å². The fourth-order valence-corrected chi connectivity index (χ4v) is 4.94. The van der Waals surface area contributed by atoms with Gasteiger partial charge in [-0.05, 0) is 62.3 Å². The topological polar surface area (TPSA) is 70.1 Å². The zero-order valence-corrected chi connectivity index (χ0v) is 19.7. The van der Waals surface area contributed by atoms with Gasteiger partial charge in [0.1, 0.15) is 5.75 Å². The molecule has 2 rings (SSSR count). The van der Waals surface area contributed by atoms with E-state index in [9.17, 15) is 13.5 Å². The van der Waals surface area contributed by atoms with Gasteiger partial charge in [0.15, 0.2) is 0 Å². The van der Waals surface area contributed by atoms with Crippen LogP contribution in [0.15, 0.2) is 59.5 Å². The Kier molecular flexibility index (Phi) is 10.3. The number of ether oxygens (including phenoxy) is 1. The van der Waals surface area contributed by atoms with Crippen LogP contribution in [0, 0.1) is 0 Å². The summed E-state index contributed by atoms with van der Waals surface area (Å²) in [7, 11) is -2.26. The van der Waals surface area contributed by atoms with Crippen molar-refractivity contribution in [3.8, 4) is 5.75 Å². The molecule has 6 nitrogen and oxygen atoms in total. The van der Waals surface area contributed by atoms with Crippen LogP contribution in [0.4, 0.5) is 5.69 Å². The molecule has 0 fully saturated rings. The summed E-state index contributed by atoms with van der Waals surface area (Å²) in [6.07, 6.45) is 3.47. The summed E-state index contributed by atoms with van der Waals surface area (Å²) in [6, 6.07) is 15.2. The van der Waals surface area contributed by atoms with E-state index in [1.54, 1.807) is 61.7 Å². The number of aliphatic hydroxyl groups excluding tert-OH is 1. The molecule has 1 unspecified atom stereocenters. The maximum absolute atomic E-state index is 13.4. The van der Waals surface area contributed by atoms with Gasteiger partial charge in [-0.15, -0.1) is 0 Å². The molecule has 0 aliphatic carbocycles. The smallest absolute Gasteiger partial charge is 0.264 e. The van der Waals surface area contributed by atoms with Gasteiger partial charge in [0.25, 0.3) is 10.0 Å². The van der Waals surface area contributed by atoms with Gasteiger partial charge in [-0.25, -0.2) is 8.42 Å². The summed E-state index contributed by atoms with van der Waals surface area (Å²) >= 11 is 0. The number of sulfonamides is 1. The van der Waals surface area contributed by atoms with Crippen molar-refractivity contribution in [2.24, 2.45) is 0 Å². The molecule has 0 spiro atoms. The summed E-state index contributed by atoms with van der Waals surface area (Å²) in [5.74, 6) is 0.645. The minimum absolute atomic E-state index is 0.0156. The molecule has 2 aromatic rings. The highest BCUT2D eigenvalue weighted by Gasteiger charge is 2.27. The summed E-state index contributed by atoms with van der Waals surface area (Å²) < 4.78 is 33.3. The summed E-state index contributed by atoms with van der Waals surface area (Å²) in [6.45, 7) is 6.52. The molecule has 0 heterocycles. The molecule has 172 valence electrons. The van der Waals surface area contributed by atoms with Crippen LogP contribution in [-0.4, -0.2) is 57.8 Å². The number of hydrogen-bond donors (Lipinski definition) is 1. The zero-order valence-electron chi connectivity index (χ0n) is 18.9. The van der Waals surface area contributed by atoms with Crippen LogP contribution in [0.5, 0.6) is 5.75 Å². The van der Waals surface area contributed by atoms with Crippen molar-refractivity contribution in [1.82, 2.24) is 4.90 Å². The van der Waals surface area contributed by atoms with Crippen LogP contribution in [-0.2, 0) is 10.0 Å². The molecule has 0 radical (unpaired) electrons. The highest BCUT2D eigenvalue weighted by molar-refractivity contribution is 7.92. The van der Waals surface area contributed by atoms with Crippen LogP contribution >= 0.6 is 0 Å². The molecule has 1 atom stereocenters. The van der Waals surface area contributed by atoms with Crippen molar-refractivity contribution in [3.05, 3.63) is 54.6 Å². The highest BCUT2D eigenvalue weighted by atomic mass is 32.2. The third-order valence-corrected chi connectivity index (χ3v) is 7.00. The lowest BCUT2D eigenvalue weighted by Crippen LogP contribution is -2.43. The molecule has 31 heavy (non-hydrogen) atoms. The van der Waals surface area contributed by atoms with Gasteiger partial charge in [0, 0.05) is 6.54 Å². The number of unbranched alkanes of at least 4 members (excludes halogenated alkanes) is 2. The molecule has 0 saturated carbocycles. The molecule has 0 aliphatic rings. The summed E-state index contributed by atoms with van der Waals surface area (Å²) in [5, 5.41) is 10.9. The van der Waals surface area contributed by atoms with Crippen molar-refractivity contribution >= 4 is 15.7 Å². The molecule has 0 bridgehead atoms. The molecule has 0 amide bonds. The second-order valence-electron chi connectivity index (χ2n) is 7.71. The molecular weight excluding hydrogens is 412 g/mol. The van der Waals surface area contributed by atoms with Crippen molar-refractivity contribution in [1.29, 1.82) is 0 Å². The lowest BCUT2D eigenvalue weighted by atomic mass is 10.2. The third-order valence-electron chi connectivity index (χ3n) is 5.19. The number of aliphatic hydroxyl groups is 1. The van der Waals surface area contributed by atoms with Gasteiger partial charge in [-0.3, -0.25) is 4.31 Å². The normalized spacial score (nSPS) is 12.7. The molecule has 1 N–H and O–H groups in total. The Hall–Kier alpha value is -2.09. The second-order valence-corrected chi connectivity index (χ2v) is 9.57. The number of hydrogen-bond acceptors (Lipinski definition) is 5. The maximum Gasteiger partial charge on any atom is 0.264 e. The van der Waals surface area contributed by atoms with E-state index in [4.69, 9.17) is 4.74 Å². The first-order chi connectivity index (χ1) is 14.9. The first-order valence-electron chi connectivity index (χ1n) is 11.0. The Bertz CT molecular complexity index is 849. The van der Waals surface area contributed by atoms with Gasteiger partial charge < -0.3 is 14.7 Å². The minimum atomic E-state index is -3.82. The standard InChI is InChI=1S/C24H36N2O4S/c1-4-6-17-25(18-7-5-2)19-22(27)20-26(21-13-15-23(30-3)16-14-21)31(28,29)24-11-9-8-10-12-24/h8-16,22,27H,4-7,17-20H2,1-3H3. The summed E-state index contributed by atoms with van der Waals surface area (Å²) in [5.41, 5.74) is 0.498. The molecule has 0 aliphatic heterocycles. The fourth-order valence-electron chi connectivity index (χ4n) is 3.42. The van der Waals surface area contributed by atoms with Crippen molar-refractivity contribution in [2.45, 2.75) is 50.5 Å². The second kappa shape index (κ2) is 12.7. The van der Waals surface area contributed by atoms with Crippen LogP contribution in [0.3, 0.4) is 0 Å². The average molecular weight is 449 g/mol. The zero-order chi connectivity index (χ0) is 22.7. The van der Waals surface area contributed by atoms with Gasteiger partial charge in [-0.2, -0.15) is 0 Å². The van der Waals surface area contributed by atoms with E-state index in [-0.39, 0.29) is 11.4 Å². The molecule has 2 aromatic carbocycles. The van der Waals surface area contributed by atoms with Gasteiger partial charge in [0.2, 0.25) is 0 Å². The van der Waals surface area contributed by atoms with Crippen molar-refractivity contribution < 1.29 is 18.3 Å². The predicted octanol–water partition coefficient (Wildman–Crippen LogP) is 4.15. The number of nitrogens with zero attached hydrogens (tertiary/aromatic N) is 2. The predicted molar refractivity (Wildman–Crippen MR) is 126 cm³/mol. The first-order valence-corrected chi connectivity index (χ1v) is 12.5. The Morgan fingerprint density at radius 3 is 2.00 bits per heavy atom. The lowest BCUT2D eigenvalue weighted by Gasteiger charge is -2.30. The van der Waals surface area contributed by atoms with Crippen LogP contribution < -0.4 is 9.04 Å². The van der Waals surface area contributed by atoms with E-state index in [1.165, 1.54) is 4.31 Å². The lowest BCUT2D eigenvalue weighted by molar-refractivity contribution is 0.117. The van der Waals surface area contributed by atoms with E-state index in [0.717, 1.165) is 38.8 Å². The Balaban J connectivity index is 2.27. The van der Waals surface area contributed by atoms with Gasteiger partial charge >= 0.3 is 0 Å². The summed E-state index contributed by atoms with van der Waals surface area (Å²) in [4.78, 5) is 2.44. The van der Waals surface area contributed by atoms with Crippen LogP contribution in [0.25, 0.3) is 0 Å². The third kappa shape index (κ3) is 7.52. The number of anilines is 1.